The van der Waals surface area contributed by atoms with E-state index in [9.17, 15) is 4.79 Å². The van der Waals surface area contributed by atoms with Crippen molar-refractivity contribution in [3.05, 3.63) is 24.5 Å². The van der Waals surface area contributed by atoms with Crippen LogP contribution in [0.2, 0.25) is 0 Å². The van der Waals surface area contributed by atoms with E-state index in [-0.39, 0.29) is 12.5 Å². The summed E-state index contributed by atoms with van der Waals surface area (Å²) in [4.78, 5) is 10.6. The Morgan fingerprint density at radius 1 is 1.60 bits per heavy atom. The van der Waals surface area contributed by atoms with E-state index in [4.69, 9.17) is 14.6 Å². The van der Waals surface area contributed by atoms with Gasteiger partial charge in [-0.3, -0.25) is 4.79 Å². The first-order valence-corrected chi connectivity index (χ1v) is 5.08. The highest BCUT2D eigenvalue weighted by atomic mass is 16.7. The Morgan fingerprint density at radius 2 is 2.40 bits per heavy atom. The average molecular weight is 212 g/mol. The minimum Gasteiger partial charge on any atom is -0.481 e. The van der Waals surface area contributed by atoms with Gasteiger partial charge in [0.05, 0.1) is 18.8 Å². The van der Waals surface area contributed by atoms with Crippen molar-refractivity contribution in [1.29, 1.82) is 0 Å². The molecule has 0 aromatic carbocycles. The maximum absolute atomic E-state index is 10.6. The summed E-state index contributed by atoms with van der Waals surface area (Å²) >= 11 is 0. The van der Waals surface area contributed by atoms with Crippen LogP contribution in [0.25, 0.3) is 0 Å². The first kappa shape index (κ1) is 11.8. The van der Waals surface area contributed by atoms with Gasteiger partial charge in [0.25, 0.3) is 0 Å². The Bertz CT molecular complexity index is 257. The third-order valence-corrected chi connectivity index (χ3v) is 2.01. The molecule has 0 aromatic heterocycles. The van der Waals surface area contributed by atoms with Gasteiger partial charge in [-0.25, -0.2) is 0 Å². The molecule has 0 saturated carbocycles. The van der Waals surface area contributed by atoms with E-state index in [0.717, 1.165) is 12.8 Å². The molecule has 0 spiro atoms. The largest absolute Gasteiger partial charge is 0.481 e. The summed E-state index contributed by atoms with van der Waals surface area (Å²) in [6.45, 7) is 2.00. The fraction of sp³-hybridized carbons (Fsp3) is 0.545. The first-order chi connectivity index (χ1) is 7.22. The zero-order valence-corrected chi connectivity index (χ0v) is 8.76. The maximum atomic E-state index is 10.6. The summed E-state index contributed by atoms with van der Waals surface area (Å²) in [5.41, 5.74) is 0. The van der Waals surface area contributed by atoms with Gasteiger partial charge in [0.2, 0.25) is 6.29 Å². The molecule has 1 heterocycles. The van der Waals surface area contributed by atoms with Crippen LogP contribution in [0.15, 0.2) is 24.5 Å². The molecule has 0 fully saturated rings. The number of hydrogen-bond donors (Lipinski definition) is 1. The normalized spacial score (nSPS) is 21.0. The third kappa shape index (κ3) is 4.65. The van der Waals surface area contributed by atoms with Crippen molar-refractivity contribution in [3.8, 4) is 0 Å². The van der Waals surface area contributed by atoms with Crippen LogP contribution < -0.4 is 0 Å². The molecule has 0 amide bonds. The molecule has 1 rings (SSSR count). The van der Waals surface area contributed by atoms with Crippen LogP contribution in [0.4, 0.5) is 0 Å². The highest BCUT2D eigenvalue weighted by Gasteiger charge is 2.18. The van der Waals surface area contributed by atoms with Crippen molar-refractivity contribution in [2.45, 2.75) is 38.6 Å². The average Bonchev–Trinajstić information content (AvgIpc) is 2.18. The molecule has 4 nitrogen and oxygen atoms in total. The number of carbonyl (C=O) groups is 1. The molecule has 84 valence electrons. The second kappa shape index (κ2) is 6.24. The standard InChI is InChI=1S/C11H16O4/c1-2-5-9(8-10(12)13)15-11-6-3-4-7-14-11/h3-4,6-7,9,11H,2,5,8H2,1H3,(H,12,13)/t9?,11-/m1/s1. The summed E-state index contributed by atoms with van der Waals surface area (Å²) in [6.07, 6.45) is 7.77. The molecular weight excluding hydrogens is 196 g/mol. The van der Waals surface area contributed by atoms with Gasteiger partial charge in [-0.05, 0) is 18.6 Å². The van der Waals surface area contributed by atoms with Crippen LogP contribution in [0.3, 0.4) is 0 Å². The lowest BCUT2D eigenvalue weighted by Crippen LogP contribution is -2.25. The van der Waals surface area contributed by atoms with Crippen molar-refractivity contribution in [2.75, 3.05) is 0 Å². The van der Waals surface area contributed by atoms with Gasteiger partial charge in [0.1, 0.15) is 0 Å². The quantitative estimate of drug-likeness (QED) is 0.732. The van der Waals surface area contributed by atoms with Gasteiger partial charge in [0, 0.05) is 0 Å². The second-order valence-corrected chi connectivity index (χ2v) is 3.36. The topological polar surface area (TPSA) is 55.8 Å². The zero-order valence-electron chi connectivity index (χ0n) is 8.76. The van der Waals surface area contributed by atoms with E-state index >= 15 is 0 Å². The SMILES string of the molecule is CCCC(CC(=O)O)O[C@@H]1C=CC=CO1. The number of hydrogen-bond acceptors (Lipinski definition) is 3. The minimum absolute atomic E-state index is 0.0191. The van der Waals surface area contributed by atoms with Gasteiger partial charge in [-0.1, -0.05) is 19.4 Å². The molecule has 2 atom stereocenters. The number of carboxylic acid groups (broad SMARTS) is 1. The van der Waals surface area contributed by atoms with Gasteiger partial charge < -0.3 is 14.6 Å². The molecule has 0 bridgehead atoms. The highest BCUT2D eigenvalue weighted by molar-refractivity contribution is 5.67. The molecular formula is C11H16O4. The van der Waals surface area contributed by atoms with E-state index in [1.165, 1.54) is 6.26 Å². The van der Waals surface area contributed by atoms with Gasteiger partial charge >= 0.3 is 5.97 Å². The Balaban J connectivity index is 2.39. The summed E-state index contributed by atoms with van der Waals surface area (Å²) < 4.78 is 10.7. The number of rotatable bonds is 6. The fourth-order valence-electron chi connectivity index (χ4n) is 1.37. The minimum atomic E-state index is -0.844. The van der Waals surface area contributed by atoms with Gasteiger partial charge in [-0.2, -0.15) is 0 Å². The summed E-state index contributed by atoms with van der Waals surface area (Å²) in [6, 6.07) is 0. The van der Waals surface area contributed by atoms with E-state index in [1.54, 1.807) is 12.2 Å². The van der Waals surface area contributed by atoms with Crippen molar-refractivity contribution < 1.29 is 19.4 Å². The molecule has 0 saturated heterocycles. The molecule has 1 unspecified atom stereocenters. The Morgan fingerprint density at radius 3 is 2.93 bits per heavy atom. The van der Waals surface area contributed by atoms with E-state index in [2.05, 4.69) is 0 Å². The lowest BCUT2D eigenvalue weighted by atomic mass is 10.1. The summed E-state index contributed by atoms with van der Waals surface area (Å²) in [5.74, 6) is -0.844. The molecule has 0 radical (unpaired) electrons. The highest BCUT2D eigenvalue weighted by Crippen LogP contribution is 2.13. The van der Waals surface area contributed by atoms with Crippen LogP contribution >= 0.6 is 0 Å². The Kier molecular flexibility index (Phi) is 4.90. The van der Waals surface area contributed by atoms with Crippen LogP contribution in [-0.4, -0.2) is 23.5 Å². The molecule has 1 aliphatic rings. The van der Waals surface area contributed by atoms with E-state index in [1.807, 2.05) is 13.0 Å². The number of carboxylic acids is 1. The molecule has 0 aromatic rings. The first-order valence-electron chi connectivity index (χ1n) is 5.08. The van der Waals surface area contributed by atoms with Crippen LogP contribution in [0.5, 0.6) is 0 Å². The van der Waals surface area contributed by atoms with E-state index in [0.29, 0.717) is 0 Å². The summed E-state index contributed by atoms with van der Waals surface area (Å²) in [5, 5.41) is 8.69. The van der Waals surface area contributed by atoms with Crippen molar-refractivity contribution in [3.63, 3.8) is 0 Å². The van der Waals surface area contributed by atoms with Crippen molar-refractivity contribution in [1.82, 2.24) is 0 Å². The van der Waals surface area contributed by atoms with Crippen LogP contribution in [-0.2, 0) is 14.3 Å². The Hall–Kier alpha value is -1.29. The third-order valence-electron chi connectivity index (χ3n) is 2.01. The molecule has 4 heteroatoms. The van der Waals surface area contributed by atoms with Gasteiger partial charge in [0.15, 0.2) is 0 Å². The number of aliphatic carboxylic acids is 1. The molecule has 1 N–H and O–H groups in total. The van der Waals surface area contributed by atoms with Crippen LogP contribution in [0, 0.1) is 0 Å². The van der Waals surface area contributed by atoms with E-state index < -0.39 is 12.3 Å². The molecule has 1 aliphatic heterocycles. The fourth-order valence-corrected chi connectivity index (χ4v) is 1.37. The second-order valence-electron chi connectivity index (χ2n) is 3.36. The monoisotopic (exact) mass is 212 g/mol. The van der Waals surface area contributed by atoms with Gasteiger partial charge in [-0.15, -0.1) is 0 Å². The lowest BCUT2D eigenvalue weighted by Gasteiger charge is -2.22. The predicted molar refractivity (Wildman–Crippen MR) is 55.2 cm³/mol. The molecule has 0 aliphatic carbocycles. The predicted octanol–water partition coefficient (Wildman–Crippen LogP) is 2.07. The number of ether oxygens (including phenoxy) is 2. The smallest absolute Gasteiger partial charge is 0.305 e. The zero-order chi connectivity index (χ0) is 11.1. The van der Waals surface area contributed by atoms with Crippen molar-refractivity contribution >= 4 is 5.97 Å². The lowest BCUT2D eigenvalue weighted by molar-refractivity contribution is -0.149. The number of allylic oxidation sites excluding steroid dienone is 2. The van der Waals surface area contributed by atoms with Crippen molar-refractivity contribution in [2.24, 2.45) is 0 Å². The van der Waals surface area contributed by atoms with Crippen LogP contribution in [0.1, 0.15) is 26.2 Å². The molecule has 15 heavy (non-hydrogen) atoms. The Labute approximate surface area is 89.2 Å². The summed E-state index contributed by atoms with van der Waals surface area (Å²) in [7, 11) is 0. The maximum Gasteiger partial charge on any atom is 0.305 e.